The van der Waals surface area contributed by atoms with Crippen molar-refractivity contribution >= 4 is 5.97 Å². The van der Waals surface area contributed by atoms with E-state index < -0.39 is 72.5 Å². The summed E-state index contributed by atoms with van der Waals surface area (Å²) < 4.78 is 29.5. The molecule has 0 amide bonds. The van der Waals surface area contributed by atoms with Crippen LogP contribution in [0.15, 0.2) is 30.3 Å². The number of fused-ring (bicyclic) bond motifs is 2. The number of carbonyl (C=O) groups excluding carboxylic acids is 1. The van der Waals surface area contributed by atoms with Crippen LogP contribution < -0.4 is 0 Å². The van der Waals surface area contributed by atoms with Crippen LogP contribution in [0, 0.1) is 5.92 Å². The highest BCUT2D eigenvalue weighted by atomic mass is 16.8. The van der Waals surface area contributed by atoms with E-state index in [1.807, 2.05) is 0 Å². The monoisotopic (exact) mass is 482 g/mol. The summed E-state index contributed by atoms with van der Waals surface area (Å²) in [6.07, 6.45) is -7.82. The average Bonchev–Trinajstić information content (AvgIpc) is 2.92. The smallest absolute Gasteiger partial charge is 0.338 e. The number of ether oxygens (including phenoxy) is 5. The predicted molar refractivity (Wildman–Crippen MR) is 111 cm³/mol. The van der Waals surface area contributed by atoms with Crippen molar-refractivity contribution in [2.45, 2.75) is 80.2 Å². The molecule has 5 N–H and O–H groups in total. The lowest BCUT2D eigenvalue weighted by molar-refractivity contribution is -0.390. The van der Waals surface area contributed by atoms with Crippen LogP contribution >= 0.6 is 0 Å². The summed E-state index contributed by atoms with van der Waals surface area (Å²) >= 11 is 0. The topological polar surface area (TPSA) is 164 Å². The standard InChI is InChI=1S/C23H30O11/c1-21-11-22(29)7-8-23(21,34-20-17(27)16(26)15(25)14(9-24)31-20)13(19(32-21)33-22)10-30-18(28)12-5-3-2-4-6-12/h2-6,13-17,19-20,24-27,29H,7-11H2,1H3/t13-,14-,15-,16+,17-,19-,20+,21+,22+,23-/m1/s1. The molecule has 0 spiro atoms. The lowest BCUT2D eigenvalue weighted by Crippen LogP contribution is -2.67. The van der Waals surface area contributed by atoms with Crippen LogP contribution in [0.5, 0.6) is 0 Å². The number of hydrogen-bond donors (Lipinski definition) is 5. The van der Waals surface area contributed by atoms with E-state index in [-0.39, 0.29) is 25.9 Å². The minimum atomic E-state index is -1.62. The Kier molecular flexibility index (Phi) is 5.99. The summed E-state index contributed by atoms with van der Waals surface area (Å²) in [6.45, 7) is 0.979. The van der Waals surface area contributed by atoms with Gasteiger partial charge in [0.15, 0.2) is 18.4 Å². The van der Waals surface area contributed by atoms with Crippen LogP contribution in [-0.4, -0.2) is 98.7 Å². The highest BCUT2D eigenvalue weighted by molar-refractivity contribution is 5.89. The summed E-state index contributed by atoms with van der Waals surface area (Å²) in [5.41, 5.74) is -1.96. The molecule has 3 aliphatic heterocycles. The molecular weight excluding hydrogens is 452 g/mol. The quantitative estimate of drug-likeness (QED) is 0.317. The number of aliphatic hydroxyl groups is 5. The Balaban J connectivity index is 1.43. The van der Waals surface area contributed by atoms with Gasteiger partial charge in [0.2, 0.25) is 0 Å². The van der Waals surface area contributed by atoms with E-state index in [9.17, 15) is 30.3 Å². The summed E-state index contributed by atoms with van der Waals surface area (Å²) in [5.74, 6) is -2.70. The van der Waals surface area contributed by atoms with Gasteiger partial charge in [-0.15, -0.1) is 0 Å². The molecule has 10 atom stereocenters. The molecule has 3 bridgehead atoms. The molecule has 1 aliphatic carbocycles. The first kappa shape index (κ1) is 24.0. The van der Waals surface area contributed by atoms with Crippen molar-refractivity contribution in [2.75, 3.05) is 13.2 Å². The molecule has 34 heavy (non-hydrogen) atoms. The SMILES string of the molecule is C[C@]12C[C@]3(O)CC[C@@]1(O[C@@H]1O[C@H](CO)[C@@H](O)[C@H](O)[C@H]1O)[C@H](COC(=O)c1ccccc1)[C@@H](O3)O2. The first-order valence-corrected chi connectivity index (χ1v) is 11.4. The molecule has 188 valence electrons. The molecule has 4 aliphatic rings. The van der Waals surface area contributed by atoms with E-state index in [2.05, 4.69) is 0 Å². The van der Waals surface area contributed by atoms with E-state index in [1.165, 1.54) is 0 Å². The van der Waals surface area contributed by atoms with Gasteiger partial charge in [-0.2, -0.15) is 0 Å². The minimum absolute atomic E-state index is 0.0665. The Morgan fingerprint density at radius 1 is 1.09 bits per heavy atom. The molecule has 11 nitrogen and oxygen atoms in total. The Morgan fingerprint density at radius 2 is 1.82 bits per heavy atom. The fourth-order valence-corrected chi connectivity index (χ4v) is 5.79. The molecule has 3 saturated heterocycles. The van der Waals surface area contributed by atoms with Crippen LogP contribution in [0.4, 0.5) is 0 Å². The number of aliphatic hydroxyl groups excluding tert-OH is 4. The van der Waals surface area contributed by atoms with Crippen molar-refractivity contribution in [2.24, 2.45) is 5.92 Å². The minimum Gasteiger partial charge on any atom is -0.461 e. The predicted octanol–water partition coefficient (Wildman–Crippen LogP) is -0.967. The zero-order valence-electron chi connectivity index (χ0n) is 18.6. The second-order valence-corrected chi connectivity index (χ2v) is 9.73. The Hall–Kier alpha value is -1.67. The number of benzene rings is 1. The number of carbonyl (C=O) groups is 1. The second kappa shape index (κ2) is 8.47. The normalized spacial score (nSPS) is 47.5. The summed E-state index contributed by atoms with van der Waals surface area (Å²) in [7, 11) is 0. The van der Waals surface area contributed by atoms with Gasteiger partial charge < -0.3 is 49.2 Å². The van der Waals surface area contributed by atoms with Gasteiger partial charge in [0, 0.05) is 12.8 Å². The molecule has 1 saturated carbocycles. The van der Waals surface area contributed by atoms with Crippen LogP contribution in [-0.2, 0) is 23.7 Å². The van der Waals surface area contributed by atoms with Gasteiger partial charge in [-0.3, -0.25) is 0 Å². The van der Waals surface area contributed by atoms with Crippen LogP contribution in [0.1, 0.15) is 36.5 Å². The van der Waals surface area contributed by atoms with Crippen molar-refractivity contribution in [3.63, 3.8) is 0 Å². The van der Waals surface area contributed by atoms with E-state index in [1.54, 1.807) is 37.3 Å². The molecule has 5 rings (SSSR count). The van der Waals surface area contributed by atoms with Crippen molar-refractivity contribution in [3.05, 3.63) is 35.9 Å². The van der Waals surface area contributed by atoms with Crippen molar-refractivity contribution in [3.8, 4) is 0 Å². The zero-order chi connectivity index (χ0) is 24.3. The van der Waals surface area contributed by atoms with Gasteiger partial charge >= 0.3 is 5.97 Å². The summed E-state index contributed by atoms with van der Waals surface area (Å²) in [6, 6.07) is 8.46. The van der Waals surface area contributed by atoms with Gasteiger partial charge in [0.05, 0.1) is 18.1 Å². The fraction of sp³-hybridized carbons (Fsp3) is 0.696. The zero-order valence-corrected chi connectivity index (χ0v) is 18.6. The molecule has 1 aromatic rings. The maximum atomic E-state index is 12.6. The molecule has 3 heterocycles. The number of rotatable bonds is 6. The molecule has 11 heteroatoms. The third-order valence-electron chi connectivity index (χ3n) is 7.61. The first-order chi connectivity index (χ1) is 16.1. The summed E-state index contributed by atoms with van der Waals surface area (Å²) in [4.78, 5) is 12.6. The van der Waals surface area contributed by atoms with Crippen LogP contribution in [0.3, 0.4) is 0 Å². The van der Waals surface area contributed by atoms with E-state index in [0.29, 0.717) is 5.56 Å². The van der Waals surface area contributed by atoms with Crippen molar-refractivity contribution in [1.29, 1.82) is 0 Å². The largest absolute Gasteiger partial charge is 0.461 e. The molecule has 0 radical (unpaired) electrons. The second-order valence-electron chi connectivity index (χ2n) is 9.73. The van der Waals surface area contributed by atoms with Crippen LogP contribution in [0.2, 0.25) is 0 Å². The average molecular weight is 482 g/mol. The highest BCUT2D eigenvalue weighted by Crippen LogP contribution is 2.62. The molecule has 1 aromatic carbocycles. The number of hydrogen-bond acceptors (Lipinski definition) is 11. The summed E-state index contributed by atoms with van der Waals surface area (Å²) in [5, 5.41) is 51.4. The number of esters is 1. The fourth-order valence-electron chi connectivity index (χ4n) is 5.79. The molecule has 4 fully saturated rings. The van der Waals surface area contributed by atoms with E-state index in [4.69, 9.17) is 23.7 Å². The Labute approximate surface area is 195 Å². The van der Waals surface area contributed by atoms with E-state index >= 15 is 0 Å². The lowest BCUT2D eigenvalue weighted by Gasteiger charge is -2.54. The van der Waals surface area contributed by atoms with Gasteiger partial charge in [-0.1, -0.05) is 18.2 Å². The van der Waals surface area contributed by atoms with Gasteiger partial charge in [-0.25, -0.2) is 4.79 Å². The van der Waals surface area contributed by atoms with E-state index in [0.717, 1.165) is 0 Å². The maximum Gasteiger partial charge on any atom is 0.338 e. The van der Waals surface area contributed by atoms with Crippen molar-refractivity contribution in [1.82, 2.24) is 0 Å². The van der Waals surface area contributed by atoms with Gasteiger partial charge in [-0.05, 0) is 25.5 Å². The van der Waals surface area contributed by atoms with Crippen molar-refractivity contribution < 1.29 is 54.0 Å². The van der Waals surface area contributed by atoms with Gasteiger partial charge in [0.25, 0.3) is 0 Å². The van der Waals surface area contributed by atoms with Gasteiger partial charge in [0.1, 0.15) is 42.2 Å². The third-order valence-corrected chi connectivity index (χ3v) is 7.61. The molecule has 0 unspecified atom stereocenters. The third kappa shape index (κ3) is 3.67. The Morgan fingerprint density at radius 3 is 2.53 bits per heavy atom. The lowest BCUT2D eigenvalue weighted by atomic mass is 9.67. The molecule has 0 aromatic heterocycles. The highest BCUT2D eigenvalue weighted by Gasteiger charge is 2.74. The molecular formula is C23H30O11. The Bertz CT molecular complexity index is 911. The van der Waals surface area contributed by atoms with Crippen LogP contribution in [0.25, 0.3) is 0 Å². The maximum absolute atomic E-state index is 12.6. The first-order valence-electron chi connectivity index (χ1n) is 11.4.